The summed E-state index contributed by atoms with van der Waals surface area (Å²) in [6.45, 7) is -0.843. The summed E-state index contributed by atoms with van der Waals surface area (Å²) in [5.41, 5.74) is 0.383. The first kappa shape index (κ1) is 22.1. The maximum absolute atomic E-state index is 11.7. The number of hydrogen-bond donors (Lipinski definition) is 8. The van der Waals surface area contributed by atoms with E-state index in [1.165, 1.54) is 0 Å². The van der Waals surface area contributed by atoms with Crippen LogP contribution in [-0.4, -0.2) is 71.7 Å². The molecule has 0 spiro atoms. The molecular formula is C12H18NO10P. The van der Waals surface area contributed by atoms with Gasteiger partial charge >= 0.3 is 13.8 Å². The third-order valence-electron chi connectivity index (χ3n) is 2.46. The molecule has 1 unspecified atom stereocenters. The quantitative estimate of drug-likeness (QED) is 0.194. The number of aliphatic carboxylic acids is 1. The van der Waals surface area contributed by atoms with Crippen molar-refractivity contribution in [2.75, 3.05) is 11.9 Å². The average molecular weight is 367 g/mol. The molecule has 11 nitrogen and oxygen atoms in total. The molecule has 24 heavy (non-hydrogen) atoms. The molecule has 12 heteroatoms. The standard InChI is InChI=1S/C12H15NO6.H3O4P/c14-6-8(15)10(16)11(17)9(12(18)19)13-7-4-2-1-3-5-7;1-5(2,3)4/h1-5,8-10,13-16H,6H2,(H,18,19);(H3,1,2,3,4)/t8-,9?,10-;/m1./s1. The first-order valence-corrected chi connectivity index (χ1v) is 7.87. The Balaban J connectivity index is 0.000000922. The van der Waals surface area contributed by atoms with Crippen LogP contribution in [0.2, 0.25) is 0 Å². The molecule has 1 aromatic carbocycles. The number of para-hydroxylation sites is 1. The predicted molar refractivity (Wildman–Crippen MR) is 79.9 cm³/mol. The number of hydrogen-bond acceptors (Lipinski definition) is 7. The molecule has 1 aromatic rings. The minimum Gasteiger partial charge on any atom is -0.479 e. The number of carbonyl (C=O) groups is 2. The van der Waals surface area contributed by atoms with Gasteiger partial charge in [0.25, 0.3) is 0 Å². The second kappa shape index (κ2) is 10.1. The zero-order valence-electron chi connectivity index (χ0n) is 12.1. The molecule has 0 aliphatic carbocycles. The number of carbonyl (C=O) groups excluding carboxylic acids is 1. The first-order chi connectivity index (χ1) is 11.0. The van der Waals surface area contributed by atoms with Crippen LogP contribution in [0, 0.1) is 0 Å². The van der Waals surface area contributed by atoms with E-state index in [-0.39, 0.29) is 0 Å². The van der Waals surface area contributed by atoms with Crippen LogP contribution in [-0.2, 0) is 14.2 Å². The second-order valence-electron chi connectivity index (χ2n) is 4.39. The number of phosphoric acid groups is 1. The lowest BCUT2D eigenvalue weighted by Gasteiger charge is -2.20. The molecule has 1 rings (SSSR count). The Kier molecular flexibility index (Phi) is 9.33. The van der Waals surface area contributed by atoms with Gasteiger partial charge in [0.05, 0.1) is 6.61 Å². The van der Waals surface area contributed by atoms with Crippen LogP contribution in [0.15, 0.2) is 30.3 Å². The lowest BCUT2D eigenvalue weighted by Crippen LogP contribution is -2.48. The second-order valence-corrected chi connectivity index (χ2v) is 5.42. The highest BCUT2D eigenvalue weighted by Crippen LogP contribution is 2.25. The fraction of sp³-hybridized carbons (Fsp3) is 0.333. The van der Waals surface area contributed by atoms with E-state index in [0.29, 0.717) is 5.69 Å². The van der Waals surface area contributed by atoms with E-state index in [9.17, 15) is 14.7 Å². The third kappa shape index (κ3) is 9.33. The normalized spacial score (nSPS) is 14.6. The molecule has 0 aliphatic heterocycles. The Labute approximate surface area is 136 Å². The van der Waals surface area contributed by atoms with E-state index >= 15 is 0 Å². The molecule has 0 fully saturated rings. The van der Waals surface area contributed by atoms with Gasteiger partial charge in [0, 0.05) is 5.69 Å². The van der Waals surface area contributed by atoms with Gasteiger partial charge in [0.1, 0.15) is 12.2 Å². The summed E-state index contributed by atoms with van der Waals surface area (Å²) in [6, 6.07) is 6.40. The van der Waals surface area contributed by atoms with Crippen molar-refractivity contribution in [3.05, 3.63) is 30.3 Å². The number of aliphatic hydroxyl groups is 3. The van der Waals surface area contributed by atoms with Crippen molar-refractivity contribution in [2.24, 2.45) is 0 Å². The van der Waals surface area contributed by atoms with Crippen LogP contribution in [0.5, 0.6) is 0 Å². The Morgan fingerprint density at radius 2 is 1.54 bits per heavy atom. The summed E-state index contributed by atoms with van der Waals surface area (Å²) >= 11 is 0. The maximum atomic E-state index is 11.7. The van der Waals surface area contributed by atoms with Gasteiger partial charge < -0.3 is 40.4 Å². The van der Waals surface area contributed by atoms with E-state index in [1.54, 1.807) is 30.3 Å². The number of ketones is 1. The summed E-state index contributed by atoms with van der Waals surface area (Å²) in [6.07, 6.45) is -3.69. The van der Waals surface area contributed by atoms with Gasteiger partial charge in [-0.3, -0.25) is 4.79 Å². The van der Waals surface area contributed by atoms with Crippen molar-refractivity contribution in [2.45, 2.75) is 18.2 Å². The molecule has 0 heterocycles. The molecule has 3 atom stereocenters. The van der Waals surface area contributed by atoms with Crippen molar-refractivity contribution in [3.8, 4) is 0 Å². The van der Waals surface area contributed by atoms with Crippen LogP contribution in [0.3, 0.4) is 0 Å². The van der Waals surface area contributed by atoms with E-state index < -0.39 is 44.4 Å². The topological polar surface area (TPSA) is 205 Å². The molecule has 0 saturated carbocycles. The predicted octanol–water partition coefficient (Wildman–Crippen LogP) is -2.09. The molecular weight excluding hydrogens is 349 g/mol. The maximum Gasteiger partial charge on any atom is 0.466 e. The number of benzene rings is 1. The third-order valence-corrected chi connectivity index (χ3v) is 2.46. The van der Waals surface area contributed by atoms with Crippen LogP contribution >= 0.6 is 7.82 Å². The molecule has 0 aliphatic rings. The minimum absolute atomic E-state index is 0.383. The van der Waals surface area contributed by atoms with Crippen molar-refractivity contribution >= 4 is 25.3 Å². The number of anilines is 1. The zero-order chi connectivity index (χ0) is 18.9. The van der Waals surface area contributed by atoms with Crippen molar-refractivity contribution in [3.63, 3.8) is 0 Å². The highest BCUT2D eigenvalue weighted by atomic mass is 31.2. The average Bonchev–Trinajstić information content (AvgIpc) is 2.49. The Morgan fingerprint density at radius 1 is 1.08 bits per heavy atom. The largest absolute Gasteiger partial charge is 0.479 e. The van der Waals surface area contributed by atoms with E-state index in [1.807, 2.05) is 0 Å². The van der Waals surface area contributed by atoms with Gasteiger partial charge in [-0.25, -0.2) is 9.36 Å². The molecule has 0 aromatic heterocycles. The number of carboxylic acid groups (broad SMARTS) is 1. The summed E-state index contributed by atoms with van der Waals surface area (Å²) in [5, 5.41) is 38.6. The lowest BCUT2D eigenvalue weighted by molar-refractivity contribution is -0.146. The lowest BCUT2D eigenvalue weighted by atomic mass is 10.0. The minimum atomic E-state index is -4.64. The fourth-order valence-corrected chi connectivity index (χ4v) is 1.42. The number of nitrogens with one attached hydrogen (secondary N) is 1. The molecule has 0 radical (unpaired) electrons. The number of aliphatic hydroxyl groups excluding tert-OH is 3. The van der Waals surface area contributed by atoms with Crippen molar-refractivity contribution in [1.82, 2.24) is 0 Å². The van der Waals surface area contributed by atoms with Crippen LogP contribution in [0.25, 0.3) is 0 Å². The van der Waals surface area contributed by atoms with Gasteiger partial charge in [-0.2, -0.15) is 0 Å². The summed E-state index contributed by atoms with van der Waals surface area (Å²) in [4.78, 5) is 44.3. The number of Topliss-reactive ketones (excluding diaryl/α,β-unsaturated/α-hetero) is 1. The van der Waals surface area contributed by atoms with Gasteiger partial charge in [-0.05, 0) is 12.1 Å². The Hall–Kier alpha value is -1.85. The molecule has 8 N–H and O–H groups in total. The number of rotatable bonds is 7. The van der Waals surface area contributed by atoms with Crippen LogP contribution < -0.4 is 5.32 Å². The van der Waals surface area contributed by atoms with Gasteiger partial charge in [0.2, 0.25) is 0 Å². The summed E-state index contributed by atoms with van der Waals surface area (Å²) < 4.78 is 8.88. The Bertz CT molecular complexity index is 566. The van der Waals surface area contributed by atoms with Crippen LogP contribution in [0.4, 0.5) is 5.69 Å². The first-order valence-electron chi connectivity index (χ1n) is 6.30. The van der Waals surface area contributed by atoms with E-state index in [0.717, 1.165) is 0 Å². The van der Waals surface area contributed by atoms with Gasteiger partial charge in [0.15, 0.2) is 11.8 Å². The summed E-state index contributed by atoms with van der Waals surface area (Å²) in [5.74, 6) is -2.61. The molecule has 0 bridgehead atoms. The molecule has 0 amide bonds. The Morgan fingerprint density at radius 3 is 1.92 bits per heavy atom. The number of carboxylic acids is 1. The zero-order valence-corrected chi connectivity index (χ0v) is 13.0. The van der Waals surface area contributed by atoms with E-state index in [4.69, 9.17) is 34.6 Å². The fourth-order valence-electron chi connectivity index (χ4n) is 1.42. The van der Waals surface area contributed by atoms with E-state index in [2.05, 4.69) is 5.32 Å². The van der Waals surface area contributed by atoms with Gasteiger partial charge in [-0.1, -0.05) is 18.2 Å². The highest BCUT2D eigenvalue weighted by Gasteiger charge is 2.34. The van der Waals surface area contributed by atoms with Crippen molar-refractivity contribution in [1.29, 1.82) is 0 Å². The van der Waals surface area contributed by atoms with Crippen molar-refractivity contribution < 1.29 is 49.3 Å². The van der Waals surface area contributed by atoms with Gasteiger partial charge in [-0.15, -0.1) is 0 Å². The smallest absolute Gasteiger partial charge is 0.466 e. The molecule has 0 saturated heterocycles. The summed E-state index contributed by atoms with van der Waals surface area (Å²) in [7, 11) is -4.64. The van der Waals surface area contributed by atoms with Crippen LogP contribution in [0.1, 0.15) is 0 Å². The SMILES string of the molecule is O=C(O)C(Nc1ccccc1)C(=O)[C@H](O)[C@H](O)CO.O=P(O)(O)O. The highest BCUT2D eigenvalue weighted by molar-refractivity contribution is 7.45. The molecule has 136 valence electrons. The monoisotopic (exact) mass is 367 g/mol.